The van der Waals surface area contributed by atoms with Gasteiger partial charge in [-0.2, -0.15) is 0 Å². The lowest BCUT2D eigenvalue weighted by Gasteiger charge is -2.16. The van der Waals surface area contributed by atoms with E-state index in [0.717, 1.165) is 5.56 Å². The number of ether oxygens (including phenoxy) is 1. The van der Waals surface area contributed by atoms with Crippen molar-refractivity contribution in [3.8, 4) is 0 Å². The second kappa shape index (κ2) is 7.53. The first-order valence-electron chi connectivity index (χ1n) is 7.84. The molecule has 130 valence electrons. The van der Waals surface area contributed by atoms with Crippen molar-refractivity contribution < 1.29 is 19.4 Å². The normalized spacial score (nSPS) is 19.6. The number of amides is 1. The number of carboxylic acids is 1. The van der Waals surface area contributed by atoms with Crippen molar-refractivity contribution in [2.24, 2.45) is 5.92 Å². The van der Waals surface area contributed by atoms with E-state index >= 15 is 0 Å². The van der Waals surface area contributed by atoms with Crippen LogP contribution in [0.4, 0.5) is 4.79 Å². The van der Waals surface area contributed by atoms with Crippen LogP contribution in [0.25, 0.3) is 0 Å². The summed E-state index contributed by atoms with van der Waals surface area (Å²) in [5.41, 5.74) is 1.44. The number of nitrogens with zero attached hydrogens (tertiary/aromatic N) is 2. The number of carbonyl (C=O) groups is 2. The molecule has 1 aromatic carbocycles. The van der Waals surface area contributed by atoms with E-state index in [9.17, 15) is 14.7 Å². The number of halogens is 1. The van der Waals surface area contributed by atoms with Gasteiger partial charge in [0.1, 0.15) is 6.61 Å². The van der Waals surface area contributed by atoms with Gasteiger partial charge in [0.2, 0.25) is 0 Å². The number of aromatic nitrogens is 1. The van der Waals surface area contributed by atoms with Crippen LogP contribution in [0, 0.1) is 5.92 Å². The van der Waals surface area contributed by atoms with Crippen molar-refractivity contribution in [1.82, 2.24) is 9.88 Å². The molecule has 0 bridgehead atoms. The lowest BCUT2D eigenvalue weighted by molar-refractivity contribution is -0.141. The third kappa shape index (κ3) is 4.09. The zero-order valence-electron chi connectivity index (χ0n) is 13.3. The first-order chi connectivity index (χ1) is 12.0. The summed E-state index contributed by atoms with van der Waals surface area (Å²) in [7, 11) is 0. The van der Waals surface area contributed by atoms with E-state index in [1.807, 2.05) is 30.3 Å². The van der Waals surface area contributed by atoms with Crippen LogP contribution >= 0.6 is 11.6 Å². The predicted octanol–water partition coefficient (Wildman–Crippen LogP) is 3.17. The molecule has 1 aromatic heterocycles. The van der Waals surface area contributed by atoms with Crippen LogP contribution in [0.2, 0.25) is 5.02 Å². The van der Waals surface area contributed by atoms with Crippen LogP contribution in [-0.4, -0.2) is 40.1 Å². The highest BCUT2D eigenvalue weighted by atomic mass is 35.5. The van der Waals surface area contributed by atoms with Gasteiger partial charge in [0.05, 0.1) is 5.92 Å². The third-order valence-electron chi connectivity index (χ3n) is 4.22. The van der Waals surface area contributed by atoms with E-state index in [1.54, 1.807) is 12.1 Å². The Hall–Kier alpha value is -2.60. The van der Waals surface area contributed by atoms with Gasteiger partial charge in [0.15, 0.2) is 0 Å². The fourth-order valence-corrected chi connectivity index (χ4v) is 3.11. The SMILES string of the molecule is O=C(O)C1CN(C(=O)OCc2ccccc2)CC1c1cc(Cl)ccn1. The Balaban J connectivity index is 1.69. The van der Waals surface area contributed by atoms with Crippen molar-refractivity contribution in [2.45, 2.75) is 12.5 Å². The molecular weight excluding hydrogens is 344 g/mol. The van der Waals surface area contributed by atoms with E-state index in [0.29, 0.717) is 10.7 Å². The first-order valence-corrected chi connectivity index (χ1v) is 8.22. The molecule has 2 atom stereocenters. The second-order valence-electron chi connectivity index (χ2n) is 5.90. The van der Waals surface area contributed by atoms with Crippen molar-refractivity contribution in [3.05, 3.63) is 64.9 Å². The summed E-state index contributed by atoms with van der Waals surface area (Å²) in [5, 5.41) is 9.97. The monoisotopic (exact) mass is 360 g/mol. The maximum atomic E-state index is 12.3. The van der Waals surface area contributed by atoms with Gasteiger partial charge in [-0.3, -0.25) is 9.78 Å². The molecule has 1 aliphatic heterocycles. The Bertz CT molecular complexity index is 769. The van der Waals surface area contributed by atoms with Gasteiger partial charge in [-0.05, 0) is 17.7 Å². The molecule has 1 N–H and O–H groups in total. The van der Waals surface area contributed by atoms with E-state index in [2.05, 4.69) is 4.98 Å². The molecule has 7 heteroatoms. The summed E-state index contributed by atoms with van der Waals surface area (Å²) < 4.78 is 5.30. The third-order valence-corrected chi connectivity index (χ3v) is 4.46. The molecule has 1 aliphatic rings. The van der Waals surface area contributed by atoms with E-state index in [4.69, 9.17) is 16.3 Å². The van der Waals surface area contributed by atoms with Crippen LogP contribution in [-0.2, 0) is 16.1 Å². The Morgan fingerprint density at radius 1 is 1.24 bits per heavy atom. The molecule has 1 saturated heterocycles. The Morgan fingerprint density at radius 3 is 2.68 bits per heavy atom. The molecule has 0 spiro atoms. The molecule has 2 heterocycles. The fraction of sp³-hybridized carbons (Fsp3) is 0.278. The molecule has 2 unspecified atom stereocenters. The van der Waals surface area contributed by atoms with Crippen molar-refractivity contribution in [2.75, 3.05) is 13.1 Å². The minimum absolute atomic E-state index is 0.0851. The first kappa shape index (κ1) is 17.2. The van der Waals surface area contributed by atoms with E-state index in [-0.39, 0.29) is 19.7 Å². The number of rotatable bonds is 4. The van der Waals surface area contributed by atoms with Gasteiger partial charge in [0, 0.05) is 35.9 Å². The number of hydrogen-bond acceptors (Lipinski definition) is 4. The number of aliphatic carboxylic acids is 1. The van der Waals surface area contributed by atoms with Gasteiger partial charge in [0.25, 0.3) is 0 Å². The van der Waals surface area contributed by atoms with Crippen molar-refractivity contribution in [3.63, 3.8) is 0 Å². The van der Waals surface area contributed by atoms with Crippen LogP contribution < -0.4 is 0 Å². The molecule has 25 heavy (non-hydrogen) atoms. The number of carbonyl (C=O) groups excluding carboxylic acids is 1. The molecule has 3 rings (SSSR count). The molecular formula is C18H17ClN2O4. The summed E-state index contributed by atoms with van der Waals surface area (Å²) in [5.74, 6) is -2.12. The average Bonchev–Trinajstić information content (AvgIpc) is 3.06. The molecule has 2 aromatic rings. The molecule has 0 radical (unpaired) electrons. The lowest BCUT2D eigenvalue weighted by atomic mass is 9.92. The molecule has 0 saturated carbocycles. The zero-order chi connectivity index (χ0) is 17.8. The van der Waals surface area contributed by atoms with Gasteiger partial charge >= 0.3 is 12.1 Å². The van der Waals surface area contributed by atoms with Crippen molar-refractivity contribution >= 4 is 23.7 Å². The van der Waals surface area contributed by atoms with Crippen LogP contribution in [0.5, 0.6) is 0 Å². The number of benzene rings is 1. The molecule has 1 amide bonds. The summed E-state index contributed by atoms with van der Waals surface area (Å²) in [6.07, 6.45) is 1.01. The van der Waals surface area contributed by atoms with Crippen molar-refractivity contribution in [1.29, 1.82) is 0 Å². The van der Waals surface area contributed by atoms with Crippen LogP contribution in [0.3, 0.4) is 0 Å². The van der Waals surface area contributed by atoms with Gasteiger partial charge < -0.3 is 14.7 Å². The summed E-state index contributed by atoms with van der Waals surface area (Å²) in [6, 6.07) is 12.6. The maximum absolute atomic E-state index is 12.3. The Kier molecular flexibility index (Phi) is 5.19. The maximum Gasteiger partial charge on any atom is 0.410 e. The van der Waals surface area contributed by atoms with Crippen LogP contribution in [0.15, 0.2) is 48.7 Å². The van der Waals surface area contributed by atoms with Gasteiger partial charge in [-0.25, -0.2) is 4.79 Å². The van der Waals surface area contributed by atoms with Gasteiger partial charge in [-0.15, -0.1) is 0 Å². The lowest BCUT2D eigenvalue weighted by Crippen LogP contribution is -2.30. The average molecular weight is 361 g/mol. The number of pyridine rings is 1. The largest absolute Gasteiger partial charge is 0.481 e. The molecule has 1 fully saturated rings. The Morgan fingerprint density at radius 2 is 2.00 bits per heavy atom. The molecule has 0 aliphatic carbocycles. The van der Waals surface area contributed by atoms with E-state index in [1.165, 1.54) is 11.1 Å². The van der Waals surface area contributed by atoms with Crippen LogP contribution in [0.1, 0.15) is 17.2 Å². The number of likely N-dealkylation sites (tertiary alicyclic amines) is 1. The predicted molar refractivity (Wildman–Crippen MR) is 91.3 cm³/mol. The highest BCUT2D eigenvalue weighted by Gasteiger charge is 2.41. The summed E-state index contributed by atoms with van der Waals surface area (Å²) in [6.45, 7) is 0.466. The highest BCUT2D eigenvalue weighted by molar-refractivity contribution is 6.30. The number of hydrogen-bond donors (Lipinski definition) is 1. The minimum atomic E-state index is -0.967. The second-order valence-corrected chi connectivity index (χ2v) is 6.33. The summed E-state index contributed by atoms with van der Waals surface area (Å²) in [4.78, 5) is 29.5. The zero-order valence-corrected chi connectivity index (χ0v) is 14.1. The summed E-state index contributed by atoms with van der Waals surface area (Å²) >= 11 is 5.97. The topological polar surface area (TPSA) is 79.7 Å². The Labute approximate surface area is 150 Å². The fourth-order valence-electron chi connectivity index (χ4n) is 2.94. The quantitative estimate of drug-likeness (QED) is 0.905. The van der Waals surface area contributed by atoms with Gasteiger partial charge in [-0.1, -0.05) is 41.9 Å². The van der Waals surface area contributed by atoms with E-state index < -0.39 is 23.9 Å². The smallest absolute Gasteiger partial charge is 0.410 e. The highest BCUT2D eigenvalue weighted by Crippen LogP contribution is 2.33. The minimum Gasteiger partial charge on any atom is -0.481 e. The molecule has 6 nitrogen and oxygen atoms in total. The number of carboxylic acid groups (broad SMARTS) is 1. The standard InChI is InChI=1S/C18H17ClN2O4/c19-13-6-7-20-16(8-13)14-9-21(10-15(14)17(22)23)18(24)25-11-12-4-2-1-3-5-12/h1-8,14-15H,9-11H2,(H,22,23).